The van der Waals surface area contributed by atoms with Crippen molar-refractivity contribution in [1.29, 1.82) is 0 Å². The Bertz CT molecular complexity index is 436. The molecule has 0 spiro atoms. The normalized spacial score (nSPS) is 18.5. The van der Waals surface area contributed by atoms with Crippen LogP contribution in [0.2, 0.25) is 0 Å². The number of nitrogens with zero attached hydrogens (tertiary/aromatic N) is 1. The predicted molar refractivity (Wildman–Crippen MR) is 68.5 cm³/mol. The van der Waals surface area contributed by atoms with Crippen LogP contribution in [-0.2, 0) is 9.53 Å². The summed E-state index contributed by atoms with van der Waals surface area (Å²) in [6.07, 6.45) is 0.844. The van der Waals surface area contributed by atoms with Crippen LogP contribution in [0.3, 0.4) is 0 Å². The topological polar surface area (TPSA) is 38.8 Å². The summed E-state index contributed by atoms with van der Waals surface area (Å²) in [5.74, 6) is 0.604. The lowest BCUT2D eigenvalue weighted by molar-refractivity contribution is -0.143. The minimum atomic E-state index is -0.178. The average molecular weight is 300 g/mol. The SMILES string of the molecule is COC(=O)C1CCN1c1ccc(OC)c(Br)c1. The molecular formula is C12H14BrNO3. The number of hydrogen-bond acceptors (Lipinski definition) is 4. The zero-order valence-corrected chi connectivity index (χ0v) is 11.4. The van der Waals surface area contributed by atoms with E-state index in [-0.39, 0.29) is 12.0 Å². The van der Waals surface area contributed by atoms with Crippen LogP contribution >= 0.6 is 15.9 Å². The first-order valence-electron chi connectivity index (χ1n) is 5.35. The molecular weight excluding hydrogens is 286 g/mol. The van der Waals surface area contributed by atoms with Gasteiger partial charge in [0, 0.05) is 12.2 Å². The fourth-order valence-electron chi connectivity index (χ4n) is 1.91. The van der Waals surface area contributed by atoms with Crippen molar-refractivity contribution < 1.29 is 14.3 Å². The summed E-state index contributed by atoms with van der Waals surface area (Å²) in [5.41, 5.74) is 0.999. The van der Waals surface area contributed by atoms with E-state index < -0.39 is 0 Å². The first-order chi connectivity index (χ1) is 8.17. The highest BCUT2D eigenvalue weighted by atomic mass is 79.9. The van der Waals surface area contributed by atoms with Gasteiger partial charge in [0.15, 0.2) is 0 Å². The molecule has 1 aromatic rings. The Morgan fingerprint density at radius 3 is 2.71 bits per heavy atom. The summed E-state index contributed by atoms with van der Waals surface area (Å²) in [6, 6.07) is 5.62. The highest BCUT2D eigenvalue weighted by Gasteiger charge is 2.35. The Hall–Kier alpha value is -1.23. The van der Waals surface area contributed by atoms with E-state index in [4.69, 9.17) is 9.47 Å². The van der Waals surface area contributed by atoms with Gasteiger partial charge in [0.1, 0.15) is 11.8 Å². The summed E-state index contributed by atoms with van der Waals surface area (Å²) in [5, 5.41) is 0. The number of carbonyl (C=O) groups is 1. The van der Waals surface area contributed by atoms with Gasteiger partial charge in [-0.25, -0.2) is 4.79 Å². The predicted octanol–water partition coefficient (Wildman–Crippen LogP) is 2.21. The first-order valence-corrected chi connectivity index (χ1v) is 6.14. The molecule has 92 valence electrons. The molecule has 0 radical (unpaired) electrons. The Labute approximate surface area is 109 Å². The molecule has 0 aliphatic carbocycles. The van der Waals surface area contributed by atoms with Gasteiger partial charge in [0.2, 0.25) is 0 Å². The number of carbonyl (C=O) groups excluding carboxylic acids is 1. The quantitative estimate of drug-likeness (QED) is 0.802. The van der Waals surface area contributed by atoms with Crippen LogP contribution in [0.1, 0.15) is 6.42 Å². The van der Waals surface area contributed by atoms with Gasteiger partial charge < -0.3 is 14.4 Å². The fraction of sp³-hybridized carbons (Fsp3) is 0.417. The van der Waals surface area contributed by atoms with Crippen LogP contribution in [-0.4, -0.2) is 32.8 Å². The lowest BCUT2D eigenvalue weighted by atomic mass is 10.0. The summed E-state index contributed by atoms with van der Waals surface area (Å²) in [7, 11) is 3.05. The molecule has 1 aromatic carbocycles. The van der Waals surface area contributed by atoms with Gasteiger partial charge in [0.05, 0.1) is 18.7 Å². The summed E-state index contributed by atoms with van der Waals surface area (Å²) < 4.78 is 10.8. The van der Waals surface area contributed by atoms with Crippen molar-refractivity contribution in [3.05, 3.63) is 22.7 Å². The first kappa shape index (κ1) is 12.2. The minimum absolute atomic E-state index is 0.153. The van der Waals surface area contributed by atoms with E-state index in [2.05, 4.69) is 15.9 Å². The van der Waals surface area contributed by atoms with Crippen LogP contribution < -0.4 is 9.64 Å². The Balaban J connectivity index is 2.18. The van der Waals surface area contributed by atoms with Crippen LogP contribution in [0.5, 0.6) is 5.75 Å². The second-order valence-corrected chi connectivity index (χ2v) is 4.69. The fourth-order valence-corrected chi connectivity index (χ4v) is 2.44. The van der Waals surface area contributed by atoms with Crippen molar-refractivity contribution in [2.75, 3.05) is 25.7 Å². The molecule has 1 aliphatic rings. The monoisotopic (exact) mass is 299 g/mol. The molecule has 0 bridgehead atoms. The highest BCUT2D eigenvalue weighted by molar-refractivity contribution is 9.10. The smallest absolute Gasteiger partial charge is 0.328 e. The molecule has 1 fully saturated rings. The number of methoxy groups -OCH3 is 2. The van der Waals surface area contributed by atoms with Gasteiger partial charge in [-0.15, -0.1) is 0 Å². The molecule has 1 saturated heterocycles. The molecule has 4 nitrogen and oxygen atoms in total. The zero-order valence-electron chi connectivity index (χ0n) is 9.77. The van der Waals surface area contributed by atoms with E-state index in [0.717, 1.165) is 28.9 Å². The van der Waals surface area contributed by atoms with Crippen molar-refractivity contribution in [2.24, 2.45) is 0 Å². The van der Waals surface area contributed by atoms with Crippen molar-refractivity contribution >= 4 is 27.6 Å². The van der Waals surface area contributed by atoms with E-state index in [1.807, 2.05) is 23.1 Å². The average Bonchev–Trinajstić information content (AvgIpc) is 2.27. The largest absolute Gasteiger partial charge is 0.496 e. The van der Waals surface area contributed by atoms with Gasteiger partial charge in [-0.05, 0) is 40.5 Å². The van der Waals surface area contributed by atoms with Gasteiger partial charge in [-0.2, -0.15) is 0 Å². The molecule has 1 atom stereocenters. The Morgan fingerprint density at radius 2 is 2.24 bits per heavy atom. The molecule has 17 heavy (non-hydrogen) atoms. The van der Waals surface area contributed by atoms with Gasteiger partial charge in [-0.3, -0.25) is 0 Å². The van der Waals surface area contributed by atoms with E-state index >= 15 is 0 Å². The summed E-state index contributed by atoms with van der Waals surface area (Å²) >= 11 is 3.44. The summed E-state index contributed by atoms with van der Waals surface area (Å²) in [4.78, 5) is 13.5. The van der Waals surface area contributed by atoms with E-state index in [9.17, 15) is 4.79 Å². The maximum absolute atomic E-state index is 11.5. The number of anilines is 1. The molecule has 2 rings (SSSR count). The molecule has 0 saturated carbocycles. The molecule has 0 amide bonds. The molecule has 5 heteroatoms. The molecule has 1 unspecified atom stereocenters. The third-order valence-corrected chi connectivity index (χ3v) is 3.58. The second kappa shape index (κ2) is 4.96. The number of halogens is 1. The van der Waals surface area contributed by atoms with Crippen LogP contribution in [0.15, 0.2) is 22.7 Å². The van der Waals surface area contributed by atoms with E-state index in [0.29, 0.717) is 0 Å². The second-order valence-electron chi connectivity index (χ2n) is 3.84. The zero-order chi connectivity index (χ0) is 12.4. The summed E-state index contributed by atoms with van der Waals surface area (Å²) in [6.45, 7) is 0.874. The standard InChI is InChI=1S/C12H14BrNO3/c1-16-11-4-3-8(7-9(11)13)14-6-5-10(14)12(15)17-2/h3-4,7,10H,5-6H2,1-2H3. The van der Waals surface area contributed by atoms with Gasteiger partial charge >= 0.3 is 5.97 Å². The third-order valence-electron chi connectivity index (χ3n) is 2.96. The maximum atomic E-state index is 11.5. The molecule has 1 aliphatic heterocycles. The van der Waals surface area contributed by atoms with Crippen LogP contribution in [0, 0.1) is 0 Å². The lowest BCUT2D eigenvalue weighted by Crippen LogP contribution is -2.53. The van der Waals surface area contributed by atoms with E-state index in [1.54, 1.807) is 7.11 Å². The maximum Gasteiger partial charge on any atom is 0.328 e. The minimum Gasteiger partial charge on any atom is -0.496 e. The number of benzene rings is 1. The number of esters is 1. The molecule has 1 heterocycles. The van der Waals surface area contributed by atoms with Crippen molar-refractivity contribution in [3.8, 4) is 5.75 Å². The van der Waals surface area contributed by atoms with E-state index in [1.165, 1.54) is 7.11 Å². The molecule has 0 aromatic heterocycles. The van der Waals surface area contributed by atoms with Crippen LogP contribution in [0.4, 0.5) is 5.69 Å². The van der Waals surface area contributed by atoms with Crippen molar-refractivity contribution in [2.45, 2.75) is 12.5 Å². The molecule has 0 N–H and O–H groups in total. The van der Waals surface area contributed by atoms with Gasteiger partial charge in [-0.1, -0.05) is 0 Å². The van der Waals surface area contributed by atoms with Crippen molar-refractivity contribution in [1.82, 2.24) is 0 Å². The third kappa shape index (κ3) is 2.24. The van der Waals surface area contributed by atoms with Crippen molar-refractivity contribution in [3.63, 3.8) is 0 Å². The van der Waals surface area contributed by atoms with Gasteiger partial charge in [0.25, 0.3) is 0 Å². The number of hydrogen-bond donors (Lipinski definition) is 0. The highest BCUT2D eigenvalue weighted by Crippen LogP contribution is 2.33. The lowest BCUT2D eigenvalue weighted by Gasteiger charge is -2.40. The van der Waals surface area contributed by atoms with Crippen LogP contribution in [0.25, 0.3) is 0 Å². The Morgan fingerprint density at radius 1 is 1.47 bits per heavy atom. The Kier molecular flexibility index (Phi) is 3.57. The number of rotatable bonds is 3. The number of ether oxygens (including phenoxy) is 2.